The van der Waals surface area contributed by atoms with Gasteiger partial charge in [0.1, 0.15) is 13.2 Å². The minimum atomic E-state index is -0.786. The normalized spacial score (nSPS) is 12.4. The fourth-order valence-electron chi connectivity index (χ4n) is 11.0. The van der Waals surface area contributed by atoms with Crippen molar-refractivity contribution in [2.45, 2.75) is 399 Å². The van der Waals surface area contributed by atoms with Gasteiger partial charge in [-0.05, 0) is 83.5 Å². The summed E-state index contributed by atoms with van der Waals surface area (Å²) in [6.45, 7) is 6.56. The molecule has 0 heterocycles. The molecule has 83 heavy (non-hydrogen) atoms. The SMILES string of the molecule is CC/C=C\C/C=C\C/C=C\CCCCCCCCCC(=O)OC(COC(=O)CCCCCCC/C=C\C/C=C\CCCCCC)COC(=O)CCCCCCCCCCCCCCCCCCCCCCCCCCCCCCCCCC. The Labute approximate surface area is 517 Å². The van der Waals surface area contributed by atoms with Gasteiger partial charge in [-0.3, -0.25) is 14.4 Å². The average molecular weight is 1160 g/mol. The number of carbonyl (C=O) groups is 3. The molecule has 0 saturated carbocycles. The Morgan fingerprint density at radius 2 is 0.470 bits per heavy atom. The van der Waals surface area contributed by atoms with Crippen LogP contribution >= 0.6 is 0 Å². The first-order chi connectivity index (χ1) is 41.0. The van der Waals surface area contributed by atoms with E-state index in [9.17, 15) is 14.4 Å². The first kappa shape index (κ1) is 80.1. The summed E-state index contributed by atoms with van der Waals surface area (Å²) in [5.74, 6) is -0.881. The maximum atomic E-state index is 12.9. The second-order valence-corrected chi connectivity index (χ2v) is 24.8. The Morgan fingerprint density at radius 1 is 0.253 bits per heavy atom. The smallest absolute Gasteiger partial charge is 0.306 e. The van der Waals surface area contributed by atoms with Crippen molar-refractivity contribution in [3.8, 4) is 0 Å². The minimum absolute atomic E-state index is 0.0796. The van der Waals surface area contributed by atoms with Crippen LogP contribution in [0.3, 0.4) is 0 Å². The van der Waals surface area contributed by atoms with E-state index in [2.05, 4.69) is 81.5 Å². The Morgan fingerprint density at radius 3 is 0.747 bits per heavy atom. The van der Waals surface area contributed by atoms with Gasteiger partial charge in [0, 0.05) is 19.3 Å². The molecular weight excluding hydrogens is 1020 g/mol. The number of hydrogen-bond donors (Lipinski definition) is 0. The third-order valence-electron chi connectivity index (χ3n) is 16.5. The van der Waals surface area contributed by atoms with Crippen LogP contribution in [0, 0.1) is 0 Å². The van der Waals surface area contributed by atoms with Crippen LogP contribution in [0.15, 0.2) is 60.8 Å². The molecule has 0 aliphatic carbocycles. The van der Waals surface area contributed by atoms with Gasteiger partial charge in [0.15, 0.2) is 6.10 Å². The molecule has 6 heteroatoms. The first-order valence-electron chi connectivity index (χ1n) is 36.8. The molecule has 6 nitrogen and oxygen atoms in total. The lowest BCUT2D eigenvalue weighted by Gasteiger charge is -2.18. The van der Waals surface area contributed by atoms with E-state index in [-0.39, 0.29) is 31.1 Å². The molecule has 0 aromatic rings. The quantitative estimate of drug-likeness (QED) is 0.0261. The topological polar surface area (TPSA) is 78.9 Å². The van der Waals surface area contributed by atoms with Gasteiger partial charge in [-0.25, -0.2) is 0 Å². The van der Waals surface area contributed by atoms with Crippen molar-refractivity contribution in [3.05, 3.63) is 60.8 Å². The highest BCUT2D eigenvalue weighted by molar-refractivity contribution is 5.71. The summed E-state index contributed by atoms with van der Waals surface area (Å²) >= 11 is 0. The van der Waals surface area contributed by atoms with Gasteiger partial charge in [0.05, 0.1) is 0 Å². The van der Waals surface area contributed by atoms with Gasteiger partial charge >= 0.3 is 17.9 Å². The van der Waals surface area contributed by atoms with Gasteiger partial charge in [0.2, 0.25) is 0 Å². The van der Waals surface area contributed by atoms with Crippen LogP contribution in [-0.2, 0) is 28.6 Å². The van der Waals surface area contributed by atoms with Crippen molar-refractivity contribution in [1.82, 2.24) is 0 Å². The van der Waals surface area contributed by atoms with E-state index in [0.29, 0.717) is 19.3 Å². The standard InChI is InChI=1S/C77H140O6/c1-4-7-10-13-16-19-22-25-28-31-32-33-34-35-36-37-38-39-40-41-42-43-44-45-47-49-52-55-58-61-64-67-70-76(79)82-73-74(72-81-75(78)69-66-63-60-57-54-51-48-30-27-24-21-18-15-12-9-6-3)83-77(80)71-68-65-62-59-56-53-50-46-29-26-23-20-17-14-11-8-5-2/h8,11,17,20-21,24,26,29-30,48,74H,4-7,9-10,12-16,18-19,22-23,25,27-28,31-47,49-73H2,1-3H3/b11-8-,20-17-,24-21-,29-26-,48-30-. The van der Waals surface area contributed by atoms with Gasteiger partial charge in [-0.2, -0.15) is 0 Å². The van der Waals surface area contributed by atoms with Crippen molar-refractivity contribution < 1.29 is 28.6 Å². The van der Waals surface area contributed by atoms with Crippen LogP contribution in [0.25, 0.3) is 0 Å². The van der Waals surface area contributed by atoms with Gasteiger partial charge in [-0.15, -0.1) is 0 Å². The minimum Gasteiger partial charge on any atom is -0.462 e. The van der Waals surface area contributed by atoms with Crippen LogP contribution in [-0.4, -0.2) is 37.2 Å². The fourth-order valence-corrected chi connectivity index (χ4v) is 11.0. The number of allylic oxidation sites excluding steroid dienone is 10. The van der Waals surface area contributed by atoms with Gasteiger partial charge < -0.3 is 14.2 Å². The molecule has 0 amide bonds. The average Bonchev–Trinajstić information content (AvgIpc) is 3.49. The monoisotopic (exact) mass is 1160 g/mol. The summed E-state index contributed by atoms with van der Waals surface area (Å²) < 4.78 is 17.0. The molecule has 0 saturated heterocycles. The molecule has 0 aliphatic rings. The predicted octanol–water partition coefficient (Wildman–Crippen LogP) is 25.5. The maximum absolute atomic E-state index is 12.9. The summed E-state index contributed by atoms with van der Waals surface area (Å²) in [5, 5.41) is 0. The molecule has 1 atom stereocenters. The molecule has 0 aromatic carbocycles. The molecule has 0 aromatic heterocycles. The Hall–Kier alpha value is -2.89. The molecule has 0 fully saturated rings. The maximum Gasteiger partial charge on any atom is 0.306 e. The van der Waals surface area contributed by atoms with Gasteiger partial charge in [-0.1, -0.05) is 351 Å². The summed E-state index contributed by atoms with van der Waals surface area (Å²) in [4.78, 5) is 38.4. The van der Waals surface area contributed by atoms with Crippen LogP contribution in [0.5, 0.6) is 0 Å². The fraction of sp³-hybridized carbons (Fsp3) is 0.831. The Kier molecular flexibility index (Phi) is 69.1. The number of unbranched alkanes of at least 4 members (excludes halogenated alkanes) is 47. The molecular formula is C77H140O6. The van der Waals surface area contributed by atoms with Crippen molar-refractivity contribution in [3.63, 3.8) is 0 Å². The molecule has 0 N–H and O–H groups in total. The van der Waals surface area contributed by atoms with E-state index in [1.165, 1.54) is 250 Å². The highest BCUT2D eigenvalue weighted by Gasteiger charge is 2.19. The van der Waals surface area contributed by atoms with E-state index in [1.54, 1.807) is 0 Å². The van der Waals surface area contributed by atoms with Crippen LogP contribution in [0.2, 0.25) is 0 Å². The zero-order chi connectivity index (χ0) is 59.9. The second-order valence-electron chi connectivity index (χ2n) is 24.8. The van der Waals surface area contributed by atoms with Crippen molar-refractivity contribution >= 4 is 17.9 Å². The number of rotatable bonds is 68. The van der Waals surface area contributed by atoms with Gasteiger partial charge in [0.25, 0.3) is 0 Å². The van der Waals surface area contributed by atoms with E-state index >= 15 is 0 Å². The Bertz CT molecular complexity index is 1470. The van der Waals surface area contributed by atoms with E-state index in [0.717, 1.165) is 103 Å². The number of carbonyl (C=O) groups excluding carboxylic acids is 3. The molecule has 484 valence electrons. The predicted molar refractivity (Wildman–Crippen MR) is 362 cm³/mol. The highest BCUT2D eigenvalue weighted by atomic mass is 16.6. The summed E-state index contributed by atoms with van der Waals surface area (Å²) in [5.41, 5.74) is 0. The van der Waals surface area contributed by atoms with E-state index < -0.39 is 6.10 Å². The van der Waals surface area contributed by atoms with E-state index in [4.69, 9.17) is 14.2 Å². The molecule has 0 radical (unpaired) electrons. The number of esters is 3. The first-order valence-corrected chi connectivity index (χ1v) is 36.8. The van der Waals surface area contributed by atoms with Crippen molar-refractivity contribution in [2.75, 3.05) is 13.2 Å². The molecule has 0 spiro atoms. The summed E-state index contributed by atoms with van der Waals surface area (Å²) in [6.07, 6.45) is 92.7. The number of hydrogen-bond acceptors (Lipinski definition) is 6. The van der Waals surface area contributed by atoms with E-state index in [1.807, 2.05) is 0 Å². The lowest BCUT2D eigenvalue weighted by molar-refractivity contribution is -0.167. The molecule has 0 aliphatic heterocycles. The van der Waals surface area contributed by atoms with Crippen molar-refractivity contribution in [1.29, 1.82) is 0 Å². The lowest BCUT2D eigenvalue weighted by atomic mass is 10.0. The molecule has 0 rings (SSSR count). The molecule has 0 bridgehead atoms. The zero-order valence-electron chi connectivity index (χ0n) is 55.7. The zero-order valence-corrected chi connectivity index (χ0v) is 55.7. The van der Waals surface area contributed by atoms with Crippen LogP contribution < -0.4 is 0 Å². The third kappa shape index (κ3) is 69.8. The lowest BCUT2D eigenvalue weighted by Crippen LogP contribution is -2.30. The molecule has 1 unspecified atom stereocenters. The number of ether oxygens (including phenoxy) is 3. The summed E-state index contributed by atoms with van der Waals surface area (Å²) in [6, 6.07) is 0. The second kappa shape index (κ2) is 71.6. The summed E-state index contributed by atoms with van der Waals surface area (Å²) in [7, 11) is 0. The largest absolute Gasteiger partial charge is 0.462 e. The third-order valence-corrected chi connectivity index (χ3v) is 16.5. The Balaban J connectivity index is 4.18. The highest BCUT2D eigenvalue weighted by Crippen LogP contribution is 2.19. The van der Waals surface area contributed by atoms with Crippen LogP contribution in [0.1, 0.15) is 393 Å². The van der Waals surface area contributed by atoms with Crippen molar-refractivity contribution in [2.24, 2.45) is 0 Å². The van der Waals surface area contributed by atoms with Crippen LogP contribution in [0.4, 0.5) is 0 Å².